The molecule has 1 saturated carbocycles. The van der Waals surface area contributed by atoms with Gasteiger partial charge in [0.1, 0.15) is 0 Å². The minimum atomic E-state index is -0.131. The molecule has 130 valence electrons. The average Bonchev–Trinajstić information content (AvgIpc) is 2.54. The number of hydrogen-bond acceptors (Lipinski definition) is 2. The van der Waals surface area contributed by atoms with Gasteiger partial charge in [0, 0.05) is 19.5 Å². The minimum Gasteiger partial charge on any atom is -0.353 e. The summed E-state index contributed by atoms with van der Waals surface area (Å²) in [6.45, 7) is 4.56. The molecule has 3 unspecified atom stereocenters. The Morgan fingerprint density at radius 2 is 2.04 bits per heavy atom. The number of nitrogens with zero attached hydrogens (tertiary/aromatic N) is 1. The van der Waals surface area contributed by atoms with Crippen LogP contribution in [0, 0.1) is 5.92 Å². The second-order valence-electron chi connectivity index (χ2n) is 7.42. The van der Waals surface area contributed by atoms with Crippen molar-refractivity contribution in [1.82, 2.24) is 10.2 Å². The Morgan fingerprint density at radius 1 is 1.25 bits per heavy atom. The van der Waals surface area contributed by atoms with E-state index in [0.29, 0.717) is 24.9 Å². The third-order valence-electron chi connectivity index (χ3n) is 5.50. The van der Waals surface area contributed by atoms with E-state index in [1.165, 1.54) is 18.4 Å². The second-order valence-corrected chi connectivity index (χ2v) is 7.42. The quantitative estimate of drug-likeness (QED) is 0.926. The Hall–Kier alpha value is -1.84. The fraction of sp³-hybridized carbons (Fsp3) is 0.600. The summed E-state index contributed by atoms with van der Waals surface area (Å²) < 4.78 is 0. The smallest absolute Gasteiger partial charge is 0.222 e. The van der Waals surface area contributed by atoms with E-state index >= 15 is 0 Å². The average molecular weight is 328 g/mol. The number of amides is 2. The van der Waals surface area contributed by atoms with Crippen LogP contribution < -0.4 is 5.32 Å². The predicted molar refractivity (Wildman–Crippen MR) is 94.5 cm³/mol. The van der Waals surface area contributed by atoms with Crippen molar-refractivity contribution in [3.05, 3.63) is 35.4 Å². The molecule has 1 aliphatic heterocycles. The van der Waals surface area contributed by atoms with Crippen molar-refractivity contribution >= 4 is 11.8 Å². The van der Waals surface area contributed by atoms with Gasteiger partial charge in [-0.25, -0.2) is 0 Å². The van der Waals surface area contributed by atoms with Crippen LogP contribution in [0.4, 0.5) is 0 Å². The first kappa shape index (κ1) is 17.0. The zero-order chi connectivity index (χ0) is 17.1. The van der Waals surface area contributed by atoms with Crippen LogP contribution in [0.15, 0.2) is 24.3 Å². The van der Waals surface area contributed by atoms with Crippen LogP contribution in [0.3, 0.4) is 0 Å². The van der Waals surface area contributed by atoms with E-state index in [2.05, 4.69) is 24.4 Å². The zero-order valence-electron chi connectivity index (χ0n) is 14.8. The van der Waals surface area contributed by atoms with Crippen LogP contribution in [-0.4, -0.2) is 29.3 Å². The Bertz CT molecular complexity index is 613. The molecule has 2 aliphatic rings. The maximum Gasteiger partial charge on any atom is 0.222 e. The molecule has 3 atom stereocenters. The van der Waals surface area contributed by atoms with Crippen molar-refractivity contribution < 1.29 is 9.59 Å². The van der Waals surface area contributed by atoms with Gasteiger partial charge in [0.15, 0.2) is 0 Å². The topological polar surface area (TPSA) is 49.4 Å². The van der Waals surface area contributed by atoms with Gasteiger partial charge in [-0.3, -0.25) is 9.59 Å². The van der Waals surface area contributed by atoms with Gasteiger partial charge >= 0.3 is 0 Å². The highest BCUT2D eigenvalue weighted by atomic mass is 16.2. The highest BCUT2D eigenvalue weighted by molar-refractivity contribution is 5.79. The van der Waals surface area contributed by atoms with Gasteiger partial charge in [0.25, 0.3) is 0 Å². The van der Waals surface area contributed by atoms with Crippen molar-refractivity contribution in [3.8, 4) is 0 Å². The first-order chi connectivity index (χ1) is 11.5. The predicted octanol–water partition coefficient (Wildman–Crippen LogP) is 3.22. The molecule has 1 aromatic carbocycles. The van der Waals surface area contributed by atoms with Crippen LogP contribution in [0.25, 0.3) is 0 Å². The summed E-state index contributed by atoms with van der Waals surface area (Å²) in [7, 11) is 0. The molecule has 1 fully saturated rings. The molecule has 1 heterocycles. The first-order valence-electron chi connectivity index (χ1n) is 9.19. The monoisotopic (exact) mass is 328 g/mol. The van der Waals surface area contributed by atoms with Crippen LogP contribution in [0.5, 0.6) is 0 Å². The number of nitrogens with one attached hydrogen (secondary N) is 1. The van der Waals surface area contributed by atoms with Crippen LogP contribution >= 0.6 is 0 Å². The van der Waals surface area contributed by atoms with E-state index in [4.69, 9.17) is 0 Å². The van der Waals surface area contributed by atoms with Gasteiger partial charge in [-0.15, -0.1) is 0 Å². The van der Waals surface area contributed by atoms with Gasteiger partial charge in [-0.2, -0.15) is 0 Å². The van der Waals surface area contributed by atoms with E-state index in [1.807, 2.05) is 17.0 Å². The van der Waals surface area contributed by atoms with Crippen molar-refractivity contribution in [2.45, 2.75) is 64.5 Å². The number of rotatable bonds is 3. The molecular weight excluding hydrogens is 300 g/mol. The largest absolute Gasteiger partial charge is 0.353 e. The molecule has 4 heteroatoms. The van der Waals surface area contributed by atoms with E-state index in [-0.39, 0.29) is 17.9 Å². The van der Waals surface area contributed by atoms with Crippen molar-refractivity contribution in [2.24, 2.45) is 5.92 Å². The first-order valence-corrected chi connectivity index (χ1v) is 9.19. The van der Waals surface area contributed by atoms with Gasteiger partial charge in [-0.1, -0.05) is 44.0 Å². The lowest BCUT2D eigenvalue weighted by Gasteiger charge is -2.37. The van der Waals surface area contributed by atoms with E-state index in [0.717, 1.165) is 24.8 Å². The summed E-state index contributed by atoms with van der Waals surface area (Å²) in [6.07, 6.45) is 5.84. The number of carbonyl (C=O) groups is 2. The van der Waals surface area contributed by atoms with Crippen molar-refractivity contribution in [2.75, 3.05) is 6.54 Å². The third kappa shape index (κ3) is 3.80. The lowest BCUT2D eigenvalue weighted by molar-refractivity contribution is -0.133. The highest BCUT2D eigenvalue weighted by Crippen LogP contribution is 2.32. The van der Waals surface area contributed by atoms with Gasteiger partial charge in [-0.05, 0) is 36.3 Å². The van der Waals surface area contributed by atoms with Crippen LogP contribution in [-0.2, 0) is 16.0 Å². The molecule has 2 amide bonds. The summed E-state index contributed by atoms with van der Waals surface area (Å²) in [5, 5.41) is 3.21. The molecule has 1 N–H and O–H groups in total. The molecule has 24 heavy (non-hydrogen) atoms. The fourth-order valence-electron chi connectivity index (χ4n) is 4.28. The zero-order valence-corrected chi connectivity index (χ0v) is 14.8. The lowest BCUT2D eigenvalue weighted by atomic mass is 9.86. The van der Waals surface area contributed by atoms with E-state index in [9.17, 15) is 9.59 Å². The Balaban J connectivity index is 1.71. The summed E-state index contributed by atoms with van der Waals surface area (Å²) in [5.41, 5.74) is 2.39. The summed E-state index contributed by atoms with van der Waals surface area (Å²) in [4.78, 5) is 26.5. The van der Waals surface area contributed by atoms with Crippen molar-refractivity contribution in [1.29, 1.82) is 0 Å². The molecule has 1 aliphatic carbocycles. The van der Waals surface area contributed by atoms with Crippen LogP contribution in [0.2, 0.25) is 0 Å². The SMILES string of the molecule is CC(=O)N1CCc2ccccc2C1CC(=O)NC1CCCC(C)C1. The molecule has 4 nitrogen and oxygen atoms in total. The molecule has 3 rings (SSSR count). The van der Waals surface area contributed by atoms with Crippen molar-refractivity contribution in [3.63, 3.8) is 0 Å². The normalized spacial score (nSPS) is 26.6. The highest BCUT2D eigenvalue weighted by Gasteiger charge is 2.31. The maximum absolute atomic E-state index is 12.6. The Morgan fingerprint density at radius 3 is 2.79 bits per heavy atom. The molecule has 0 aromatic heterocycles. The third-order valence-corrected chi connectivity index (χ3v) is 5.50. The van der Waals surface area contributed by atoms with E-state index in [1.54, 1.807) is 6.92 Å². The van der Waals surface area contributed by atoms with E-state index < -0.39 is 0 Å². The lowest BCUT2D eigenvalue weighted by Crippen LogP contribution is -2.43. The standard InChI is InChI=1S/C20H28N2O2/c1-14-6-5-8-17(12-14)21-20(24)13-19-18-9-4-3-7-16(18)10-11-22(19)15(2)23/h3-4,7,9,14,17,19H,5-6,8,10-13H2,1-2H3,(H,21,24). The molecule has 0 saturated heterocycles. The summed E-state index contributed by atoms with van der Waals surface area (Å²) in [5.74, 6) is 0.809. The molecule has 1 aromatic rings. The summed E-state index contributed by atoms with van der Waals surface area (Å²) >= 11 is 0. The molecule has 0 spiro atoms. The molecular formula is C20H28N2O2. The van der Waals surface area contributed by atoms with Crippen LogP contribution in [0.1, 0.15) is 63.1 Å². The summed E-state index contributed by atoms with van der Waals surface area (Å²) in [6, 6.07) is 8.37. The van der Waals surface area contributed by atoms with Gasteiger partial charge in [0.05, 0.1) is 12.5 Å². The maximum atomic E-state index is 12.6. The Kier molecular flexibility index (Phi) is 5.22. The fourth-order valence-corrected chi connectivity index (χ4v) is 4.28. The number of benzene rings is 1. The number of hydrogen-bond donors (Lipinski definition) is 1. The molecule has 0 bridgehead atoms. The Labute approximate surface area is 144 Å². The number of fused-ring (bicyclic) bond motifs is 1. The van der Waals surface area contributed by atoms with Gasteiger partial charge in [0.2, 0.25) is 11.8 Å². The number of carbonyl (C=O) groups excluding carboxylic acids is 2. The minimum absolute atomic E-state index is 0.0496. The van der Waals surface area contributed by atoms with Gasteiger partial charge < -0.3 is 10.2 Å². The second kappa shape index (κ2) is 7.37. The molecule has 0 radical (unpaired) electrons.